The van der Waals surface area contributed by atoms with Gasteiger partial charge in [-0.3, -0.25) is 4.79 Å². The average molecular weight is 365 g/mol. The summed E-state index contributed by atoms with van der Waals surface area (Å²) < 4.78 is 10.6. The SMILES string of the molecule is O=C(OCC(=O)N(C1=CCCCC1)C1CC1)c1occc1-c1ccccc1. The number of ether oxygens (including phenoxy) is 1. The number of nitrogens with zero attached hydrogens (tertiary/aromatic N) is 1. The van der Waals surface area contributed by atoms with Crippen LogP contribution in [-0.2, 0) is 9.53 Å². The minimum atomic E-state index is -0.611. The quantitative estimate of drug-likeness (QED) is 0.705. The smallest absolute Gasteiger partial charge is 0.375 e. The predicted octanol–water partition coefficient (Wildman–Crippen LogP) is 4.55. The summed E-state index contributed by atoms with van der Waals surface area (Å²) in [5, 5.41) is 0. The standard InChI is InChI=1S/C22H23NO4/c24-20(23(18-11-12-18)17-9-5-2-6-10-17)15-27-22(25)21-19(13-14-26-21)16-7-3-1-4-8-16/h1,3-4,7-9,13-14,18H,2,5-6,10-12,15H2. The zero-order valence-corrected chi connectivity index (χ0v) is 15.2. The fraction of sp³-hybridized carbons (Fsp3) is 0.364. The molecule has 5 heteroatoms. The van der Waals surface area contributed by atoms with Gasteiger partial charge in [0.1, 0.15) is 0 Å². The highest BCUT2D eigenvalue weighted by atomic mass is 16.5. The van der Waals surface area contributed by atoms with Gasteiger partial charge < -0.3 is 14.1 Å². The lowest BCUT2D eigenvalue weighted by molar-refractivity contribution is -0.133. The lowest BCUT2D eigenvalue weighted by Gasteiger charge is -2.27. The van der Waals surface area contributed by atoms with Crippen molar-refractivity contribution in [2.24, 2.45) is 0 Å². The summed E-state index contributed by atoms with van der Waals surface area (Å²) in [7, 11) is 0. The minimum absolute atomic E-state index is 0.129. The second kappa shape index (κ2) is 7.82. The van der Waals surface area contributed by atoms with Gasteiger partial charge in [0.05, 0.1) is 6.26 Å². The van der Waals surface area contributed by atoms with E-state index in [-0.39, 0.29) is 24.3 Å². The van der Waals surface area contributed by atoms with Crippen LogP contribution in [0.2, 0.25) is 0 Å². The molecule has 1 aromatic heterocycles. The molecule has 0 bridgehead atoms. The minimum Gasteiger partial charge on any atom is -0.457 e. The molecule has 2 aromatic rings. The number of furan rings is 1. The van der Waals surface area contributed by atoms with Gasteiger partial charge in [-0.2, -0.15) is 0 Å². The number of hydrogen-bond donors (Lipinski definition) is 0. The molecule has 140 valence electrons. The number of benzene rings is 1. The van der Waals surface area contributed by atoms with E-state index in [0.717, 1.165) is 43.4 Å². The van der Waals surface area contributed by atoms with Crippen LogP contribution in [0.5, 0.6) is 0 Å². The molecule has 4 rings (SSSR count). The van der Waals surface area contributed by atoms with E-state index in [1.807, 2.05) is 35.2 Å². The van der Waals surface area contributed by atoms with Crippen molar-refractivity contribution in [2.75, 3.05) is 6.61 Å². The predicted molar refractivity (Wildman–Crippen MR) is 101 cm³/mol. The van der Waals surface area contributed by atoms with Crippen LogP contribution in [0, 0.1) is 0 Å². The van der Waals surface area contributed by atoms with Crippen molar-refractivity contribution in [2.45, 2.75) is 44.6 Å². The first-order valence-electron chi connectivity index (χ1n) is 9.55. The van der Waals surface area contributed by atoms with Crippen molar-refractivity contribution in [1.29, 1.82) is 0 Å². The zero-order chi connectivity index (χ0) is 18.6. The number of carbonyl (C=O) groups excluding carboxylic acids is 2. The Labute approximate surface area is 158 Å². The van der Waals surface area contributed by atoms with Gasteiger partial charge in [-0.1, -0.05) is 36.4 Å². The van der Waals surface area contributed by atoms with Crippen molar-refractivity contribution in [3.63, 3.8) is 0 Å². The van der Waals surface area contributed by atoms with E-state index in [0.29, 0.717) is 5.56 Å². The molecule has 27 heavy (non-hydrogen) atoms. The molecule has 0 N–H and O–H groups in total. The lowest BCUT2D eigenvalue weighted by atomic mass is 10.0. The van der Waals surface area contributed by atoms with Crippen LogP contribution in [0.15, 0.2) is 58.9 Å². The maximum Gasteiger partial charge on any atom is 0.375 e. The fourth-order valence-corrected chi connectivity index (χ4v) is 3.55. The van der Waals surface area contributed by atoms with Crippen molar-refractivity contribution >= 4 is 11.9 Å². The number of hydrogen-bond acceptors (Lipinski definition) is 4. The highest BCUT2D eigenvalue weighted by Gasteiger charge is 2.35. The van der Waals surface area contributed by atoms with E-state index < -0.39 is 5.97 Å². The van der Waals surface area contributed by atoms with Crippen molar-refractivity contribution in [3.05, 3.63) is 60.2 Å². The highest BCUT2D eigenvalue weighted by Crippen LogP contribution is 2.34. The molecule has 0 atom stereocenters. The molecule has 5 nitrogen and oxygen atoms in total. The Morgan fingerprint density at radius 3 is 2.63 bits per heavy atom. The number of amides is 1. The van der Waals surface area contributed by atoms with E-state index in [1.165, 1.54) is 12.7 Å². The molecule has 1 aromatic carbocycles. The monoisotopic (exact) mass is 365 g/mol. The molecule has 0 saturated heterocycles. The van der Waals surface area contributed by atoms with Crippen molar-refractivity contribution < 1.29 is 18.7 Å². The van der Waals surface area contributed by atoms with Gasteiger partial charge in [0.15, 0.2) is 6.61 Å². The van der Waals surface area contributed by atoms with Crippen LogP contribution >= 0.6 is 0 Å². The molecule has 1 fully saturated rings. The molecule has 2 aliphatic carbocycles. The number of esters is 1. The lowest BCUT2D eigenvalue weighted by Crippen LogP contribution is -2.36. The Hall–Kier alpha value is -2.82. The topological polar surface area (TPSA) is 59.8 Å². The Bertz CT molecular complexity index is 848. The summed E-state index contributed by atoms with van der Waals surface area (Å²) >= 11 is 0. The molecule has 0 aliphatic heterocycles. The normalized spacial score (nSPS) is 16.5. The van der Waals surface area contributed by atoms with E-state index in [9.17, 15) is 9.59 Å². The summed E-state index contributed by atoms with van der Waals surface area (Å²) in [4.78, 5) is 27.1. The van der Waals surface area contributed by atoms with Crippen molar-refractivity contribution in [1.82, 2.24) is 4.90 Å². The van der Waals surface area contributed by atoms with Gasteiger partial charge in [0, 0.05) is 17.3 Å². The van der Waals surface area contributed by atoms with E-state index in [4.69, 9.17) is 9.15 Å². The number of rotatable bonds is 6. The van der Waals surface area contributed by atoms with Crippen LogP contribution in [-0.4, -0.2) is 29.4 Å². The number of allylic oxidation sites excluding steroid dienone is 2. The van der Waals surface area contributed by atoms with Gasteiger partial charge >= 0.3 is 5.97 Å². The molecule has 1 heterocycles. The Morgan fingerprint density at radius 2 is 1.93 bits per heavy atom. The van der Waals surface area contributed by atoms with Crippen LogP contribution in [0.25, 0.3) is 11.1 Å². The van der Waals surface area contributed by atoms with Gasteiger partial charge in [0.2, 0.25) is 5.76 Å². The van der Waals surface area contributed by atoms with Gasteiger partial charge in [0.25, 0.3) is 5.91 Å². The van der Waals surface area contributed by atoms with Crippen LogP contribution in [0.1, 0.15) is 49.1 Å². The largest absolute Gasteiger partial charge is 0.457 e. The first-order chi connectivity index (χ1) is 13.2. The van der Waals surface area contributed by atoms with Crippen LogP contribution < -0.4 is 0 Å². The van der Waals surface area contributed by atoms with Gasteiger partial charge in [-0.25, -0.2) is 4.79 Å². The summed E-state index contributed by atoms with van der Waals surface area (Å²) in [6, 6.07) is 11.5. The Kier molecular flexibility index (Phi) is 5.10. The summed E-state index contributed by atoms with van der Waals surface area (Å²) in [5.74, 6) is -0.628. The van der Waals surface area contributed by atoms with Crippen molar-refractivity contribution in [3.8, 4) is 11.1 Å². The Balaban J connectivity index is 1.43. The van der Waals surface area contributed by atoms with Gasteiger partial charge in [-0.05, 0) is 50.2 Å². The first-order valence-corrected chi connectivity index (χ1v) is 9.55. The third kappa shape index (κ3) is 3.97. The van der Waals surface area contributed by atoms with E-state index in [1.54, 1.807) is 6.07 Å². The summed E-state index contributed by atoms with van der Waals surface area (Å²) in [5.41, 5.74) is 2.63. The fourth-order valence-electron chi connectivity index (χ4n) is 3.55. The summed E-state index contributed by atoms with van der Waals surface area (Å²) in [6.45, 7) is -0.262. The second-order valence-electron chi connectivity index (χ2n) is 7.04. The Morgan fingerprint density at radius 1 is 1.11 bits per heavy atom. The molecule has 0 radical (unpaired) electrons. The highest BCUT2D eigenvalue weighted by molar-refractivity contribution is 5.95. The average Bonchev–Trinajstić information content (AvgIpc) is 3.41. The second-order valence-corrected chi connectivity index (χ2v) is 7.04. The van der Waals surface area contributed by atoms with Gasteiger partial charge in [-0.15, -0.1) is 0 Å². The molecule has 0 unspecified atom stereocenters. The van der Waals surface area contributed by atoms with Crippen LogP contribution in [0.4, 0.5) is 0 Å². The maximum atomic E-state index is 12.7. The molecule has 1 saturated carbocycles. The molecular weight excluding hydrogens is 342 g/mol. The van der Waals surface area contributed by atoms with Crippen LogP contribution in [0.3, 0.4) is 0 Å². The third-order valence-electron chi connectivity index (χ3n) is 5.02. The molecule has 1 amide bonds. The third-order valence-corrected chi connectivity index (χ3v) is 5.02. The number of carbonyl (C=O) groups is 2. The molecule has 0 spiro atoms. The van der Waals surface area contributed by atoms with E-state index >= 15 is 0 Å². The molecule has 2 aliphatic rings. The van der Waals surface area contributed by atoms with E-state index in [2.05, 4.69) is 6.08 Å². The molecular formula is C22H23NO4. The maximum absolute atomic E-state index is 12.7. The summed E-state index contributed by atoms with van der Waals surface area (Å²) in [6.07, 6.45) is 9.87. The first kappa shape index (κ1) is 17.6. The zero-order valence-electron chi connectivity index (χ0n) is 15.2.